The van der Waals surface area contributed by atoms with E-state index in [2.05, 4.69) is 15.4 Å². The fraction of sp³-hybridized carbons (Fsp3) is 0.385. The summed E-state index contributed by atoms with van der Waals surface area (Å²) < 4.78 is 40.5. The van der Waals surface area contributed by atoms with Crippen molar-refractivity contribution in [1.29, 1.82) is 0 Å². The Morgan fingerprint density at radius 1 is 1.33 bits per heavy atom. The molecule has 0 radical (unpaired) electrons. The lowest BCUT2D eigenvalue weighted by atomic mass is 10.1. The lowest BCUT2D eigenvalue weighted by Crippen LogP contribution is -2.14. The maximum Gasteiger partial charge on any atom is 0.418 e. The van der Waals surface area contributed by atoms with Gasteiger partial charge < -0.3 is 5.32 Å². The zero-order valence-corrected chi connectivity index (χ0v) is 12.0. The molecule has 0 saturated heterocycles. The average Bonchev–Trinajstić information content (AvgIpc) is 2.84. The molecular weight excluding hydrogens is 305 g/mol. The summed E-state index contributed by atoms with van der Waals surface area (Å²) in [4.78, 5) is 4.04. The second-order valence-corrected chi connectivity index (χ2v) is 4.82. The van der Waals surface area contributed by atoms with E-state index in [9.17, 15) is 13.2 Å². The van der Waals surface area contributed by atoms with E-state index in [1.165, 1.54) is 18.5 Å². The van der Waals surface area contributed by atoms with Gasteiger partial charge in [-0.05, 0) is 18.6 Å². The molecule has 2 rings (SSSR count). The van der Waals surface area contributed by atoms with Gasteiger partial charge in [0.2, 0.25) is 0 Å². The average molecular weight is 319 g/mol. The zero-order chi connectivity index (χ0) is 15.5. The molecule has 0 amide bonds. The molecule has 0 atom stereocenters. The SMILES string of the molecule is CCCn1ncnc1CNc1c(Cl)cccc1C(F)(F)F. The van der Waals surface area contributed by atoms with Crippen molar-refractivity contribution in [2.24, 2.45) is 0 Å². The van der Waals surface area contributed by atoms with E-state index in [0.717, 1.165) is 12.5 Å². The molecule has 0 aliphatic carbocycles. The minimum Gasteiger partial charge on any atom is -0.376 e. The molecule has 1 aromatic carbocycles. The molecule has 0 spiro atoms. The van der Waals surface area contributed by atoms with Crippen molar-refractivity contribution in [2.45, 2.75) is 32.6 Å². The van der Waals surface area contributed by atoms with Gasteiger partial charge in [-0.2, -0.15) is 18.3 Å². The van der Waals surface area contributed by atoms with Gasteiger partial charge in [0.05, 0.1) is 22.8 Å². The Balaban J connectivity index is 2.22. The summed E-state index contributed by atoms with van der Waals surface area (Å²) in [5.41, 5.74) is -0.936. The summed E-state index contributed by atoms with van der Waals surface area (Å²) in [6, 6.07) is 3.68. The summed E-state index contributed by atoms with van der Waals surface area (Å²) in [6.07, 6.45) is -2.23. The molecule has 0 fully saturated rings. The van der Waals surface area contributed by atoms with Crippen LogP contribution < -0.4 is 5.32 Å². The number of alkyl halides is 3. The van der Waals surface area contributed by atoms with Gasteiger partial charge in [-0.3, -0.25) is 0 Å². The first-order valence-electron chi connectivity index (χ1n) is 6.39. The molecular formula is C13H14ClF3N4. The van der Waals surface area contributed by atoms with Crippen molar-refractivity contribution in [1.82, 2.24) is 14.8 Å². The number of nitrogens with zero attached hydrogens (tertiary/aromatic N) is 3. The first-order chi connectivity index (χ1) is 9.93. The number of hydrogen-bond acceptors (Lipinski definition) is 3. The van der Waals surface area contributed by atoms with Crippen LogP contribution in [0.25, 0.3) is 0 Å². The predicted molar refractivity (Wildman–Crippen MR) is 74.1 cm³/mol. The molecule has 2 aromatic rings. The Hall–Kier alpha value is -1.76. The van der Waals surface area contributed by atoms with Crippen LogP contribution in [0.1, 0.15) is 24.7 Å². The number of benzene rings is 1. The highest BCUT2D eigenvalue weighted by Gasteiger charge is 2.34. The van der Waals surface area contributed by atoms with Crippen molar-refractivity contribution < 1.29 is 13.2 Å². The Morgan fingerprint density at radius 3 is 2.76 bits per heavy atom. The minimum absolute atomic E-state index is 0.0198. The molecule has 0 saturated carbocycles. The molecule has 1 N–H and O–H groups in total. The van der Waals surface area contributed by atoms with Gasteiger partial charge in [-0.1, -0.05) is 24.6 Å². The predicted octanol–water partition coefficient (Wildman–Crippen LogP) is 3.97. The Kier molecular flexibility index (Phi) is 4.72. The molecule has 1 aromatic heterocycles. The van der Waals surface area contributed by atoms with Crippen LogP contribution in [0.15, 0.2) is 24.5 Å². The van der Waals surface area contributed by atoms with Crippen LogP contribution in [0, 0.1) is 0 Å². The van der Waals surface area contributed by atoms with Gasteiger partial charge in [0, 0.05) is 6.54 Å². The summed E-state index contributed by atoms with van der Waals surface area (Å²) in [5.74, 6) is 0.560. The maximum atomic E-state index is 13.0. The molecule has 1 heterocycles. The normalized spacial score (nSPS) is 11.7. The molecule has 0 unspecified atom stereocenters. The Bertz CT molecular complexity index is 610. The number of hydrogen-bond donors (Lipinski definition) is 1. The fourth-order valence-corrected chi connectivity index (χ4v) is 2.17. The summed E-state index contributed by atoms with van der Waals surface area (Å²) >= 11 is 5.87. The number of aromatic nitrogens is 3. The van der Waals surface area contributed by atoms with Crippen LogP contribution in [0.3, 0.4) is 0 Å². The number of para-hydroxylation sites is 1. The van der Waals surface area contributed by atoms with Crippen molar-refractivity contribution in [3.63, 3.8) is 0 Å². The lowest BCUT2D eigenvalue weighted by Gasteiger charge is -2.16. The molecule has 21 heavy (non-hydrogen) atoms. The first kappa shape index (κ1) is 15.6. The van der Waals surface area contributed by atoms with E-state index in [1.807, 2.05) is 6.92 Å². The third kappa shape index (κ3) is 3.66. The van der Waals surface area contributed by atoms with Crippen molar-refractivity contribution >= 4 is 17.3 Å². The van der Waals surface area contributed by atoms with E-state index in [0.29, 0.717) is 12.4 Å². The first-order valence-corrected chi connectivity index (χ1v) is 6.77. The molecule has 4 nitrogen and oxygen atoms in total. The van der Waals surface area contributed by atoms with Crippen LogP contribution in [0.4, 0.5) is 18.9 Å². The Morgan fingerprint density at radius 2 is 2.10 bits per heavy atom. The van der Waals surface area contributed by atoms with Crippen molar-refractivity contribution in [3.8, 4) is 0 Å². The third-order valence-electron chi connectivity index (χ3n) is 2.87. The van der Waals surface area contributed by atoms with Gasteiger partial charge in [0.25, 0.3) is 0 Å². The number of halogens is 4. The number of nitrogens with one attached hydrogen (secondary N) is 1. The van der Waals surface area contributed by atoms with E-state index < -0.39 is 11.7 Å². The zero-order valence-electron chi connectivity index (χ0n) is 11.3. The summed E-state index contributed by atoms with van der Waals surface area (Å²) in [5, 5.41) is 6.76. The highest BCUT2D eigenvalue weighted by atomic mass is 35.5. The number of rotatable bonds is 5. The molecule has 8 heteroatoms. The van der Waals surface area contributed by atoms with Crippen LogP contribution in [-0.4, -0.2) is 14.8 Å². The van der Waals surface area contributed by atoms with Crippen LogP contribution >= 0.6 is 11.6 Å². The number of anilines is 1. The molecule has 0 aliphatic heterocycles. The molecule has 114 valence electrons. The fourth-order valence-electron chi connectivity index (χ4n) is 1.93. The van der Waals surface area contributed by atoms with Gasteiger partial charge in [-0.25, -0.2) is 9.67 Å². The van der Waals surface area contributed by atoms with Gasteiger partial charge >= 0.3 is 6.18 Å². The standard InChI is InChI=1S/C13H14ClF3N4/c1-2-6-21-11(19-8-20-21)7-18-12-9(13(15,16)17)4-3-5-10(12)14/h3-5,8,18H,2,6-7H2,1H3. The quantitative estimate of drug-likeness (QED) is 0.907. The number of aryl methyl sites for hydroxylation is 1. The lowest BCUT2D eigenvalue weighted by molar-refractivity contribution is -0.136. The highest BCUT2D eigenvalue weighted by Crippen LogP contribution is 2.38. The topological polar surface area (TPSA) is 42.7 Å². The van der Waals surface area contributed by atoms with E-state index in [-0.39, 0.29) is 17.3 Å². The van der Waals surface area contributed by atoms with Crippen molar-refractivity contribution in [2.75, 3.05) is 5.32 Å². The summed E-state index contributed by atoms with van der Waals surface area (Å²) in [7, 11) is 0. The minimum atomic E-state index is -4.47. The van der Waals surface area contributed by atoms with E-state index >= 15 is 0 Å². The van der Waals surface area contributed by atoms with Crippen LogP contribution in [0.5, 0.6) is 0 Å². The van der Waals surface area contributed by atoms with Gasteiger partial charge in [-0.15, -0.1) is 0 Å². The Labute approximate surface area is 124 Å². The highest BCUT2D eigenvalue weighted by molar-refractivity contribution is 6.33. The third-order valence-corrected chi connectivity index (χ3v) is 3.19. The monoisotopic (exact) mass is 318 g/mol. The van der Waals surface area contributed by atoms with Gasteiger partial charge in [0.1, 0.15) is 12.2 Å². The van der Waals surface area contributed by atoms with Gasteiger partial charge in [0.15, 0.2) is 0 Å². The van der Waals surface area contributed by atoms with E-state index in [4.69, 9.17) is 11.6 Å². The smallest absolute Gasteiger partial charge is 0.376 e. The molecule has 0 bridgehead atoms. The van der Waals surface area contributed by atoms with Crippen molar-refractivity contribution in [3.05, 3.63) is 40.9 Å². The maximum absolute atomic E-state index is 13.0. The second kappa shape index (κ2) is 6.34. The van der Waals surface area contributed by atoms with E-state index in [1.54, 1.807) is 4.68 Å². The molecule has 0 aliphatic rings. The van der Waals surface area contributed by atoms with Crippen LogP contribution in [-0.2, 0) is 19.3 Å². The largest absolute Gasteiger partial charge is 0.418 e. The van der Waals surface area contributed by atoms with Crippen LogP contribution in [0.2, 0.25) is 5.02 Å². The second-order valence-electron chi connectivity index (χ2n) is 4.41. The summed E-state index contributed by atoms with van der Waals surface area (Å²) in [6.45, 7) is 2.76.